The van der Waals surface area contributed by atoms with Gasteiger partial charge < -0.3 is 19.5 Å². The van der Waals surface area contributed by atoms with Crippen LogP contribution in [0.1, 0.15) is 74.3 Å². The molecular weight excluding hydrogens is 622 g/mol. The molecular formula is C36H42F6N2O3. The van der Waals surface area contributed by atoms with Crippen molar-refractivity contribution in [1.82, 2.24) is 4.90 Å². The maximum Gasteiger partial charge on any atom is 0.430 e. The smallest absolute Gasteiger partial charge is 0.430 e. The van der Waals surface area contributed by atoms with Crippen molar-refractivity contribution in [1.29, 1.82) is 0 Å². The lowest BCUT2D eigenvalue weighted by atomic mass is 9.87. The summed E-state index contributed by atoms with van der Waals surface area (Å²) in [6, 6.07) is 19.4. The standard InChI is InChI=1S/C36H42F6N2O3/c1-4-11-27-21-30(34(45,35(37,38)39)36(40,41)42)22-28(12-5-2)32(27)46-20-10-9-19-44-24-33(3,43-25-44)29-15-17-31(18-16-29)47-23-26-13-7-6-8-14-26/h6-8,13-18,21-22,25,45H,4-5,9-12,19-20,23-24H2,1-3H3. The fourth-order valence-corrected chi connectivity index (χ4v) is 5.78. The van der Waals surface area contributed by atoms with Gasteiger partial charge in [0, 0.05) is 18.7 Å². The van der Waals surface area contributed by atoms with Gasteiger partial charge in [0.15, 0.2) is 0 Å². The third kappa shape index (κ3) is 8.41. The number of rotatable bonds is 15. The van der Waals surface area contributed by atoms with E-state index in [2.05, 4.69) is 11.8 Å². The first-order valence-corrected chi connectivity index (χ1v) is 15.9. The van der Waals surface area contributed by atoms with Crippen molar-refractivity contribution in [3.63, 3.8) is 0 Å². The zero-order valence-electron chi connectivity index (χ0n) is 26.9. The van der Waals surface area contributed by atoms with E-state index in [1.54, 1.807) is 13.8 Å². The summed E-state index contributed by atoms with van der Waals surface area (Å²) in [5.41, 5.74) is -4.04. The van der Waals surface area contributed by atoms with Crippen LogP contribution >= 0.6 is 0 Å². The van der Waals surface area contributed by atoms with Crippen LogP contribution in [0.4, 0.5) is 26.3 Å². The number of hydrogen-bond donors (Lipinski definition) is 1. The van der Waals surface area contributed by atoms with Crippen molar-refractivity contribution in [2.75, 3.05) is 19.7 Å². The van der Waals surface area contributed by atoms with Gasteiger partial charge in [0.25, 0.3) is 5.60 Å². The normalized spacial score (nSPS) is 16.9. The molecule has 1 aliphatic rings. The van der Waals surface area contributed by atoms with Crippen molar-refractivity contribution in [2.45, 2.75) is 89.4 Å². The number of aliphatic hydroxyl groups is 1. The molecule has 1 N–H and O–H groups in total. The Bertz CT molecular complexity index is 1430. The average Bonchev–Trinajstić information content (AvgIpc) is 3.42. The van der Waals surface area contributed by atoms with Crippen LogP contribution in [0.3, 0.4) is 0 Å². The van der Waals surface area contributed by atoms with Crippen LogP contribution in [0.15, 0.2) is 71.7 Å². The molecule has 0 saturated carbocycles. The molecule has 4 rings (SSSR count). The molecule has 0 aromatic heterocycles. The van der Waals surface area contributed by atoms with Crippen LogP contribution in [0.2, 0.25) is 0 Å². The van der Waals surface area contributed by atoms with E-state index >= 15 is 0 Å². The first kappa shape index (κ1) is 36.1. The Morgan fingerprint density at radius 2 is 1.43 bits per heavy atom. The Labute approximate surface area is 272 Å². The second-order valence-corrected chi connectivity index (χ2v) is 12.2. The quantitative estimate of drug-likeness (QED) is 0.130. The first-order chi connectivity index (χ1) is 22.2. The molecule has 0 fully saturated rings. The SMILES string of the molecule is CCCc1cc(C(O)(C(F)(F)F)C(F)(F)F)cc(CCC)c1OCCCCN1C=NC(C)(c2ccc(OCc3ccccc3)cc2)C1. The van der Waals surface area contributed by atoms with Gasteiger partial charge in [-0.25, -0.2) is 0 Å². The molecule has 256 valence electrons. The summed E-state index contributed by atoms with van der Waals surface area (Å²) < 4.78 is 93.9. The van der Waals surface area contributed by atoms with Gasteiger partial charge in [-0.2, -0.15) is 26.3 Å². The van der Waals surface area contributed by atoms with Crippen LogP contribution in [0, 0.1) is 0 Å². The van der Waals surface area contributed by atoms with Crippen molar-refractivity contribution >= 4 is 6.34 Å². The second-order valence-electron chi connectivity index (χ2n) is 12.2. The van der Waals surface area contributed by atoms with E-state index in [1.807, 2.05) is 60.9 Å². The minimum Gasteiger partial charge on any atom is -0.493 e. The summed E-state index contributed by atoms with van der Waals surface area (Å²) in [5.74, 6) is 1.07. The fraction of sp³-hybridized carbons (Fsp3) is 0.472. The maximum absolute atomic E-state index is 13.7. The lowest BCUT2D eigenvalue weighted by molar-refractivity contribution is -0.376. The molecule has 0 amide bonds. The molecule has 0 spiro atoms. The van der Waals surface area contributed by atoms with Gasteiger partial charge in [-0.05, 0) is 79.1 Å². The highest BCUT2D eigenvalue weighted by molar-refractivity contribution is 5.60. The van der Waals surface area contributed by atoms with E-state index in [0.717, 1.165) is 35.4 Å². The molecule has 1 atom stereocenters. The number of unbranched alkanes of at least 4 members (excludes halogenated alkanes) is 1. The first-order valence-electron chi connectivity index (χ1n) is 15.9. The minimum absolute atomic E-state index is 0.203. The summed E-state index contributed by atoms with van der Waals surface area (Å²) >= 11 is 0. The molecule has 47 heavy (non-hydrogen) atoms. The van der Waals surface area contributed by atoms with E-state index in [9.17, 15) is 31.4 Å². The summed E-state index contributed by atoms with van der Waals surface area (Å²) in [4.78, 5) is 6.88. The zero-order chi connectivity index (χ0) is 34.3. The third-order valence-electron chi connectivity index (χ3n) is 8.35. The fourth-order valence-electron chi connectivity index (χ4n) is 5.78. The Morgan fingerprint density at radius 1 is 0.830 bits per heavy atom. The molecule has 1 unspecified atom stereocenters. The number of aryl methyl sites for hydroxylation is 2. The number of ether oxygens (including phenoxy) is 2. The van der Waals surface area contributed by atoms with Crippen LogP contribution in [0.25, 0.3) is 0 Å². The molecule has 1 heterocycles. The zero-order valence-corrected chi connectivity index (χ0v) is 26.9. The van der Waals surface area contributed by atoms with Crippen molar-refractivity contribution in [3.8, 4) is 11.5 Å². The highest BCUT2D eigenvalue weighted by Crippen LogP contribution is 2.51. The van der Waals surface area contributed by atoms with E-state index in [0.29, 0.717) is 44.7 Å². The predicted molar refractivity (Wildman–Crippen MR) is 170 cm³/mol. The predicted octanol–water partition coefficient (Wildman–Crippen LogP) is 8.90. The summed E-state index contributed by atoms with van der Waals surface area (Å²) in [6.45, 7) is 7.72. The molecule has 3 aromatic carbocycles. The number of benzene rings is 3. The molecule has 11 heteroatoms. The number of alkyl halides is 6. The molecule has 0 radical (unpaired) electrons. The van der Waals surface area contributed by atoms with Gasteiger partial charge in [0.05, 0.1) is 12.9 Å². The lowest BCUT2D eigenvalue weighted by Gasteiger charge is -2.33. The molecule has 0 aliphatic carbocycles. The molecule has 1 aliphatic heterocycles. The minimum atomic E-state index is -5.95. The lowest BCUT2D eigenvalue weighted by Crippen LogP contribution is -2.54. The highest BCUT2D eigenvalue weighted by Gasteiger charge is 2.71. The maximum atomic E-state index is 13.7. The van der Waals surface area contributed by atoms with Crippen molar-refractivity contribution in [3.05, 3.63) is 94.5 Å². The monoisotopic (exact) mass is 664 g/mol. The number of aliphatic imine (C=N–C) groups is 1. The number of hydrogen-bond acceptors (Lipinski definition) is 5. The molecule has 0 saturated heterocycles. The Balaban J connectivity index is 1.34. The van der Waals surface area contributed by atoms with E-state index in [1.165, 1.54) is 0 Å². The van der Waals surface area contributed by atoms with Crippen molar-refractivity contribution < 1.29 is 40.9 Å². The van der Waals surface area contributed by atoms with Crippen LogP contribution in [-0.2, 0) is 30.6 Å². The number of halogens is 6. The van der Waals surface area contributed by atoms with Gasteiger partial charge in [0.2, 0.25) is 0 Å². The van der Waals surface area contributed by atoms with Gasteiger partial charge in [-0.3, -0.25) is 4.99 Å². The largest absolute Gasteiger partial charge is 0.493 e. The highest BCUT2D eigenvalue weighted by atomic mass is 19.4. The second kappa shape index (κ2) is 15.0. The Kier molecular flexibility index (Phi) is 11.5. The van der Waals surface area contributed by atoms with Gasteiger partial charge in [0.1, 0.15) is 23.6 Å². The number of nitrogens with zero attached hydrogens (tertiary/aromatic N) is 2. The molecule has 3 aromatic rings. The average molecular weight is 665 g/mol. The van der Waals surface area contributed by atoms with Gasteiger partial charge in [-0.15, -0.1) is 0 Å². The van der Waals surface area contributed by atoms with Crippen LogP contribution in [0.5, 0.6) is 11.5 Å². The van der Waals surface area contributed by atoms with Gasteiger partial charge >= 0.3 is 12.4 Å². The van der Waals surface area contributed by atoms with Gasteiger partial charge in [-0.1, -0.05) is 69.2 Å². The summed E-state index contributed by atoms with van der Waals surface area (Å²) in [6.07, 6.45) is -7.37. The van der Waals surface area contributed by atoms with E-state index in [-0.39, 0.29) is 30.6 Å². The van der Waals surface area contributed by atoms with Crippen LogP contribution < -0.4 is 9.47 Å². The summed E-state index contributed by atoms with van der Waals surface area (Å²) in [5, 5.41) is 10.1. The van der Waals surface area contributed by atoms with E-state index < -0.39 is 29.1 Å². The molecule has 5 nitrogen and oxygen atoms in total. The van der Waals surface area contributed by atoms with Crippen LogP contribution in [-0.4, -0.2) is 48.4 Å². The Morgan fingerprint density at radius 3 is 1.98 bits per heavy atom. The molecule has 0 bridgehead atoms. The van der Waals surface area contributed by atoms with Crippen molar-refractivity contribution in [2.24, 2.45) is 4.99 Å². The van der Waals surface area contributed by atoms with E-state index in [4.69, 9.17) is 14.5 Å². The Hall–Kier alpha value is -3.73. The third-order valence-corrected chi connectivity index (χ3v) is 8.35. The summed E-state index contributed by atoms with van der Waals surface area (Å²) in [7, 11) is 0. The topological polar surface area (TPSA) is 54.3 Å².